The third kappa shape index (κ3) is 4.25. The quantitative estimate of drug-likeness (QED) is 0.427. The zero-order valence-electron chi connectivity index (χ0n) is 18.3. The van der Waals surface area contributed by atoms with Crippen LogP contribution in [0.3, 0.4) is 0 Å². The van der Waals surface area contributed by atoms with Gasteiger partial charge in [-0.3, -0.25) is 14.2 Å². The van der Waals surface area contributed by atoms with Crippen molar-refractivity contribution in [1.29, 1.82) is 0 Å². The Bertz CT molecular complexity index is 1360. The first-order valence-electron chi connectivity index (χ1n) is 10.6. The topological polar surface area (TPSA) is 89.4 Å². The van der Waals surface area contributed by atoms with E-state index in [1.165, 1.54) is 16.7 Å². The number of rotatable bonds is 6. The molecule has 0 aliphatic carbocycles. The largest absolute Gasteiger partial charge is 0.497 e. The molecule has 1 aliphatic heterocycles. The van der Waals surface area contributed by atoms with E-state index in [2.05, 4.69) is 15.5 Å². The molecule has 170 valence electrons. The van der Waals surface area contributed by atoms with E-state index in [4.69, 9.17) is 4.74 Å². The first-order valence-corrected chi connectivity index (χ1v) is 11.6. The van der Waals surface area contributed by atoms with Crippen molar-refractivity contribution in [1.82, 2.24) is 14.8 Å². The Morgan fingerprint density at radius 3 is 2.65 bits per heavy atom. The maximum atomic E-state index is 13.1. The molecule has 2 heterocycles. The predicted octanol–water partition coefficient (Wildman–Crippen LogP) is 4.02. The molecule has 1 N–H and O–H groups in total. The number of hydrogen-bond donors (Lipinski definition) is 1. The second-order valence-corrected chi connectivity index (χ2v) is 8.49. The summed E-state index contributed by atoms with van der Waals surface area (Å²) in [5.41, 5.74) is 3.04. The highest BCUT2D eigenvalue weighted by Crippen LogP contribution is 2.32. The van der Waals surface area contributed by atoms with E-state index >= 15 is 0 Å². The zero-order valence-corrected chi connectivity index (χ0v) is 19.2. The summed E-state index contributed by atoms with van der Waals surface area (Å²) in [7, 11) is 1.62. The number of amides is 2. The predicted molar refractivity (Wildman–Crippen MR) is 131 cm³/mol. The fraction of sp³-hybridized carbons (Fsp3) is 0.120. The van der Waals surface area contributed by atoms with Gasteiger partial charge in [-0.05, 0) is 36.4 Å². The molecule has 0 radical (unpaired) electrons. The monoisotopic (exact) mass is 471 g/mol. The van der Waals surface area contributed by atoms with E-state index in [1.54, 1.807) is 13.2 Å². The van der Waals surface area contributed by atoms with Crippen LogP contribution >= 0.6 is 11.8 Å². The van der Waals surface area contributed by atoms with Gasteiger partial charge in [-0.25, -0.2) is 0 Å². The standard InChI is InChI=1S/C25H21N5O3S/c1-33-19-11-7-8-17(14-19)24-27-28-25(30(24)18-9-3-2-4-10-18)34-16-23(32)29-15-22(31)26-20-12-5-6-13-21(20)29/h2-14H,15-16H2,1H3,(H,26,31). The molecular weight excluding hydrogens is 450 g/mol. The van der Waals surface area contributed by atoms with Crippen molar-refractivity contribution in [3.8, 4) is 22.8 Å². The Morgan fingerprint density at radius 2 is 1.82 bits per heavy atom. The number of ether oxygens (including phenoxy) is 1. The van der Waals surface area contributed by atoms with E-state index in [0.29, 0.717) is 28.1 Å². The van der Waals surface area contributed by atoms with E-state index in [1.807, 2.05) is 77.4 Å². The summed E-state index contributed by atoms with van der Waals surface area (Å²) in [6.45, 7) is -0.0170. The molecule has 0 saturated heterocycles. The third-order valence-corrected chi connectivity index (χ3v) is 6.29. The summed E-state index contributed by atoms with van der Waals surface area (Å²) in [5, 5.41) is 12.2. The minimum absolute atomic E-state index is 0.0170. The minimum atomic E-state index is -0.218. The van der Waals surface area contributed by atoms with Gasteiger partial charge in [0.05, 0.1) is 24.2 Å². The van der Waals surface area contributed by atoms with Crippen LogP contribution in [0.25, 0.3) is 17.1 Å². The molecule has 0 unspecified atom stereocenters. The second kappa shape index (κ2) is 9.40. The van der Waals surface area contributed by atoms with E-state index in [9.17, 15) is 9.59 Å². The number of carbonyl (C=O) groups excluding carboxylic acids is 2. The second-order valence-electron chi connectivity index (χ2n) is 7.54. The molecule has 0 spiro atoms. The maximum Gasteiger partial charge on any atom is 0.244 e. The summed E-state index contributed by atoms with van der Waals surface area (Å²) in [6, 6.07) is 24.6. The molecule has 0 atom stereocenters. The summed E-state index contributed by atoms with van der Waals surface area (Å²) in [6.07, 6.45) is 0. The summed E-state index contributed by atoms with van der Waals surface area (Å²) in [4.78, 5) is 26.8. The average Bonchev–Trinajstić information content (AvgIpc) is 3.31. The molecule has 0 bridgehead atoms. The van der Waals surface area contributed by atoms with Gasteiger partial charge in [0.2, 0.25) is 11.8 Å². The molecule has 8 nitrogen and oxygen atoms in total. The highest BCUT2D eigenvalue weighted by atomic mass is 32.2. The lowest BCUT2D eigenvalue weighted by Crippen LogP contribution is -2.43. The van der Waals surface area contributed by atoms with E-state index in [0.717, 1.165) is 11.3 Å². The lowest BCUT2D eigenvalue weighted by molar-refractivity contribution is -0.120. The van der Waals surface area contributed by atoms with Gasteiger partial charge < -0.3 is 15.0 Å². The molecule has 0 fully saturated rings. The Kier molecular flexibility index (Phi) is 6.01. The Morgan fingerprint density at radius 1 is 1.03 bits per heavy atom. The maximum absolute atomic E-state index is 13.1. The molecule has 34 heavy (non-hydrogen) atoms. The number of thioether (sulfide) groups is 1. The van der Waals surface area contributed by atoms with Gasteiger partial charge in [-0.2, -0.15) is 0 Å². The number of carbonyl (C=O) groups is 2. The van der Waals surface area contributed by atoms with Gasteiger partial charge in [-0.1, -0.05) is 54.2 Å². The molecule has 2 amide bonds. The van der Waals surface area contributed by atoms with Gasteiger partial charge in [-0.15, -0.1) is 10.2 Å². The van der Waals surface area contributed by atoms with Crippen LogP contribution in [0.15, 0.2) is 84.0 Å². The van der Waals surface area contributed by atoms with Gasteiger partial charge >= 0.3 is 0 Å². The number of methoxy groups -OCH3 is 1. The summed E-state index contributed by atoms with van der Waals surface area (Å²) >= 11 is 1.28. The van der Waals surface area contributed by atoms with Crippen LogP contribution < -0.4 is 15.0 Å². The number of aromatic nitrogens is 3. The number of benzene rings is 3. The molecule has 0 saturated carbocycles. The highest BCUT2D eigenvalue weighted by Gasteiger charge is 2.27. The number of fused-ring (bicyclic) bond motifs is 1. The van der Waals surface area contributed by atoms with Crippen LogP contribution in [0.1, 0.15) is 0 Å². The molecule has 1 aliphatic rings. The number of nitrogens with one attached hydrogen (secondary N) is 1. The lowest BCUT2D eigenvalue weighted by atomic mass is 10.2. The number of nitrogens with zero attached hydrogens (tertiary/aromatic N) is 4. The van der Waals surface area contributed by atoms with E-state index in [-0.39, 0.29) is 24.1 Å². The summed E-state index contributed by atoms with van der Waals surface area (Å²) < 4.78 is 7.29. The fourth-order valence-electron chi connectivity index (χ4n) is 3.78. The van der Waals surface area contributed by atoms with Crippen molar-refractivity contribution in [2.24, 2.45) is 0 Å². The number of hydrogen-bond acceptors (Lipinski definition) is 6. The fourth-order valence-corrected chi connectivity index (χ4v) is 4.61. The zero-order chi connectivity index (χ0) is 23.5. The van der Waals surface area contributed by atoms with Gasteiger partial charge in [0.15, 0.2) is 11.0 Å². The first-order chi connectivity index (χ1) is 16.6. The first kappa shape index (κ1) is 21.7. The van der Waals surface area contributed by atoms with Crippen molar-refractivity contribution in [3.05, 3.63) is 78.9 Å². The number of anilines is 2. The van der Waals surface area contributed by atoms with Gasteiger partial charge in [0, 0.05) is 11.3 Å². The highest BCUT2D eigenvalue weighted by molar-refractivity contribution is 7.99. The van der Waals surface area contributed by atoms with Crippen LogP contribution in [0.4, 0.5) is 11.4 Å². The van der Waals surface area contributed by atoms with Crippen molar-refractivity contribution in [3.63, 3.8) is 0 Å². The van der Waals surface area contributed by atoms with Gasteiger partial charge in [0.25, 0.3) is 0 Å². The Balaban J connectivity index is 1.45. The van der Waals surface area contributed by atoms with Gasteiger partial charge in [0.1, 0.15) is 12.3 Å². The molecule has 1 aromatic heterocycles. The minimum Gasteiger partial charge on any atom is -0.497 e. The van der Waals surface area contributed by atoms with Crippen LogP contribution in [-0.4, -0.2) is 46.0 Å². The van der Waals surface area contributed by atoms with Crippen LogP contribution in [0.5, 0.6) is 5.75 Å². The molecule has 4 aromatic rings. The molecule has 3 aromatic carbocycles. The Labute approximate surface area is 200 Å². The smallest absolute Gasteiger partial charge is 0.244 e. The lowest BCUT2D eigenvalue weighted by Gasteiger charge is -2.29. The molecular formula is C25H21N5O3S. The van der Waals surface area contributed by atoms with Crippen LogP contribution in [0.2, 0.25) is 0 Å². The third-order valence-electron chi connectivity index (χ3n) is 5.37. The molecule has 9 heteroatoms. The SMILES string of the molecule is COc1cccc(-c2nnc(SCC(=O)N3CC(=O)Nc4ccccc43)n2-c2ccccc2)c1. The normalized spacial score (nSPS) is 12.7. The van der Waals surface area contributed by atoms with Crippen molar-refractivity contribution >= 4 is 35.0 Å². The van der Waals surface area contributed by atoms with E-state index < -0.39 is 0 Å². The summed E-state index contributed by atoms with van der Waals surface area (Å²) in [5.74, 6) is 1.06. The average molecular weight is 472 g/mol. The van der Waals surface area contributed by atoms with Crippen LogP contribution in [0, 0.1) is 0 Å². The Hall–Kier alpha value is -4.11. The number of para-hydroxylation sites is 3. The van der Waals surface area contributed by atoms with Crippen molar-refractivity contribution in [2.75, 3.05) is 29.6 Å². The van der Waals surface area contributed by atoms with Crippen molar-refractivity contribution in [2.45, 2.75) is 5.16 Å². The van der Waals surface area contributed by atoms with Crippen LogP contribution in [-0.2, 0) is 9.59 Å². The molecule has 5 rings (SSSR count). The van der Waals surface area contributed by atoms with Crippen molar-refractivity contribution < 1.29 is 14.3 Å².